The van der Waals surface area contributed by atoms with E-state index in [2.05, 4.69) is 4.98 Å². The molecule has 100 valence electrons. The topological polar surface area (TPSA) is 57.4 Å². The predicted octanol–water partition coefficient (Wildman–Crippen LogP) is 3.31. The average molecular weight is 279 g/mol. The number of hydrogen-bond acceptors (Lipinski definition) is 4. The maximum atomic E-state index is 6.23. The lowest BCUT2D eigenvalue weighted by molar-refractivity contribution is 0.396. The number of ether oxygens (including phenoxy) is 2. The zero-order chi connectivity index (χ0) is 14.0. The van der Waals surface area contributed by atoms with Crippen molar-refractivity contribution in [3.8, 4) is 22.8 Å². The molecule has 0 aliphatic rings. The van der Waals surface area contributed by atoms with Crippen molar-refractivity contribution in [3.05, 3.63) is 35.0 Å². The van der Waals surface area contributed by atoms with Gasteiger partial charge in [-0.1, -0.05) is 11.6 Å². The zero-order valence-corrected chi connectivity index (χ0v) is 11.8. The van der Waals surface area contributed by atoms with E-state index in [4.69, 9.17) is 26.8 Å². The van der Waals surface area contributed by atoms with Gasteiger partial charge in [-0.05, 0) is 31.2 Å². The normalized spacial score (nSPS) is 10.3. The molecule has 2 aromatic rings. The van der Waals surface area contributed by atoms with Crippen molar-refractivity contribution in [2.24, 2.45) is 0 Å². The first-order valence-electron chi connectivity index (χ1n) is 5.72. The van der Waals surface area contributed by atoms with Crippen molar-refractivity contribution in [2.75, 3.05) is 20.0 Å². The number of nitrogens with two attached hydrogens (primary N) is 1. The van der Waals surface area contributed by atoms with Gasteiger partial charge in [-0.2, -0.15) is 0 Å². The summed E-state index contributed by atoms with van der Waals surface area (Å²) in [5, 5.41) is 0.429. The summed E-state index contributed by atoms with van der Waals surface area (Å²) in [6, 6.07) is 7.30. The molecule has 19 heavy (non-hydrogen) atoms. The average Bonchev–Trinajstić information content (AvgIpc) is 2.41. The van der Waals surface area contributed by atoms with Gasteiger partial charge < -0.3 is 15.2 Å². The number of nitrogen functional groups attached to an aromatic ring is 1. The van der Waals surface area contributed by atoms with Gasteiger partial charge in [0, 0.05) is 5.56 Å². The fraction of sp³-hybridized carbons (Fsp3) is 0.214. The Hall–Kier alpha value is -1.94. The number of aromatic nitrogens is 1. The van der Waals surface area contributed by atoms with Crippen LogP contribution in [0, 0.1) is 6.92 Å². The molecule has 0 saturated carbocycles. The second-order valence-electron chi connectivity index (χ2n) is 4.03. The van der Waals surface area contributed by atoms with E-state index >= 15 is 0 Å². The van der Waals surface area contributed by atoms with Crippen LogP contribution in [-0.4, -0.2) is 19.2 Å². The second kappa shape index (κ2) is 5.36. The van der Waals surface area contributed by atoms with E-state index in [1.54, 1.807) is 20.3 Å². The fourth-order valence-corrected chi connectivity index (χ4v) is 2.14. The van der Waals surface area contributed by atoms with E-state index in [1.165, 1.54) is 0 Å². The van der Waals surface area contributed by atoms with Crippen LogP contribution >= 0.6 is 11.6 Å². The lowest BCUT2D eigenvalue weighted by Crippen LogP contribution is -1.97. The third kappa shape index (κ3) is 2.44. The molecule has 0 spiro atoms. The molecule has 1 aromatic carbocycles. The molecule has 0 aliphatic heterocycles. The van der Waals surface area contributed by atoms with Gasteiger partial charge in [0.25, 0.3) is 0 Å². The molecule has 5 heteroatoms. The van der Waals surface area contributed by atoms with Crippen LogP contribution in [-0.2, 0) is 0 Å². The molecule has 0 radical (unpaired) electrons. The molecule has 4 nitrogen and oxygen atoms in total. The minimum absolute atomic E-state index is 0.429. The van der Waals surface area contributed by atoms with Gasteiger partial charge in [0.1, 0.15) is 10.8 Å². The number of halogens is 1. The van der Waals surface area contributed by atoms with Crippen LogP contribution in [0.3, 0.4) is 0 Å². The first kappa shape index (κ1) is 13.5. The van der Waals surface area contributed by atoms with Crippen LogP contribution in [0.15, 0.2) is 24.3 Å². The van der Waals surface area contributed by atoms with Crippen LogP contribution in [0.1, 0.15) is 5.69 Å². The predicted molar refractivity (Wildman–Crippen MR) is 76.9 cm³/mol. The molecule has 0 unspecified atom stereocenters. The number of anilines is 1. The molecule has 0 aliphatic carbocycles. The Kier molecular flexibility index (Phi) is 3.81. The van der Waals surface area contributed by atoms with Crippen molar-refractivity contribution < 1.29 is 9.47 Å². The first-order valence-corrected chi connectivity index (χ1v) is 6.10. The number of rotatable bonds is 3. The van der Waals surface area contributed by atoms with Crippen LogP contribution in [0.5, 0.6) is 11.5 Å². The highest BCUT2D eigenvalue weighted by Crippen LogP contribution is 2.41. The van der Waals surface area contributed by atoms with Crippen molar-refractivity contribution in [1.29, 1.82) is 0 Å². The smallest absolute Gasteiger partial charge is 0.150 e. The lowest BCUT2D eigenvalue weighted by atomic mass is 10.1. The number of pyridine rings is 1. The quantitative estimate of drug-likeness (QED) is 0.936. The van der Waals surface area contributed by atoms with Crippen LogP contribution in [0.25, 0.3) is 11.3 Å². The molecule has 1 heterocycles. The molecular formula is C14H15ClN2O2. The Morgan fingerprint density at radius 3 is 2.42 bits per heavy atom. The van der Waals surface area contributed by atoms with Gasteiger partial charge in [-0.15, -0.1) is 0 Å². The first-order chi connectivity index (χ1) is 9.08. The Morgan fingerprint density at radius 1 is 1.11 bits per heavy atom. The van der Waals surface area contributed by atoms with E-state index in [1.807, 2.05) is 25.1 Å². The molecule has 1 aromatic heterocycles. The van der Waals surface area contributed by atoms with Gasteiger partial charge in [0.05, 0.1) is 31.3 Å². The van der Waals surface area contributed by atoms with E-state index in [0.717, 1.165) is 17.0 Å². The third-order valence-corrected chi connectivity index (χ3v) is 3.25. The SMILES string of the molecule is COc1ccc(-c2ccc(N)c(C)n2)c(OC)c1Cl. The maximum Gasteiger partial charge on any atom is 0.150 e. The van der Waals surface area contributed by atoms with Gasteiger partial charge in [-0.25, -0.2) is 0 Å². The molecule has 0 fully saturated rings. The minimum Gasteiger partial charge on any atom is -0.495 e. The van der Waals surface area contributed by atoms with E-state index in [0.29, 0.717) is 22.2 Å². The van der Waals surface area contributed by atoms with Gasteiger partial charge >= 0.3 is 0 Å². The summed E-state index contributed by atoms with van der Waals surface area (Å²) in [6.45, 7) is 1.86. The number of aryl methyl sites for hydroxylation is 1. The summed E-state index contributed by atoms with van der Waals surface area (Å²) in [7, 11) is 3.13. The van der Waals surface area contributed by atoms with Gasteiger partial charge in [-0.3, -0.25) is 4.98 Å². The monoisotopic (exact) mass is 278 g/mol. The number of nitrogens with zero attached hydrogens (tertiary/aromatic N) is 1. The van der Waals surface area contributed by atoms with Crippen LogP contribution < -0.4 is 15.2 Å². The van der Waals surface area contributed by atoms with Gasteiger partial charge in [0.15, 0.2) is 5.75 Å². The van der Waals surface area contributed by atoms with Crippen LogP contribution in [0.2, 0.25) is 5.02 Å². The van der Waals surface area contributed by atoms with Crippen molar-refractivity contribution in [1.82, 2.24) is 4.98 Å². The van der Waals surface area contributed by atoms with E-state index in [9.17, 15) is 0 Å². The highest BCUT2D eigenvalue weighted by Gasteiger charge is 2.15. The molecule has 0 bridgehead atoms. The summed E-state index contributed by atoms with van der Waals surface area (Å²) in [5.41, 5.74) is 8.76. The highest BCUT2D eigenvalue weighted by atomic mass is 35.5. The highest BCUT2D eigenvalue weighted by molar-refractivity contribution is 6.34. The van der Waals surface area contributed by atoms with Crippen molar-refractivity contribution in [2.45, 2.75) is 6.92 Å². The number of methoxy groups -OCH3 is 2. The third-order valence-electron chi connectivity index (χ3n) is 2.89. The van der Waals surface area contributed by atoms with Crippen molar-refractivity contribution >= 4 is 17.3 Å². The zero-order valence-electron chi connectivity index (χ0n) is 11.0. The van der Waals surface area contributed by atoms with Crippen molar-refractivity contribution in [3.63, 3.8) is 0 Å². The summed E-state index contributed by atoms with van der Waals surface area (Å²) in [5.74, 6) is 1.10. The van der Waals surface area contributed by atoms with Gasteiger partial charge in [0.2, 0.25) is 0 Å². The summed E-state index contributed by atoms with van der Waals surface area (Å²) < 4.78 is 10.5. The fourth-order valence-electron chi connectivity index (χ4n) is 1.82. The molecule has 2 N–H and O–H groups in total. The summed E-state index contributed by atoms with van der Waals surface area (Å²) >= 11 is 6.23. The molecule has 2 rings (SSSR count). The Balaban J connectivity index is 2.61. The summed E-state index contributed by atoms with van der Waals surface area (Å²) in [6.07, 6.45) is 0. The molecule has 0 saturated heterocycles. The maximum absolute atomic E-state index is 6.23. The lowest BCUT2D eigenvalue weighted by Gasteiger charge is -2.13. The Morgan fingerprint density at radius 2 is 1.84 bits per heavy atom. The van der Waals surface area contributed by atoms with E-state index in [-0.39, 0.29) is 0 Å². The number of hydrogen-bond donors (Lipinski definition) is 1. The molecule has 0 amide bonds. The number of benzene rings is 1. The standard InChI is InChI=1S/C14H15ClN2O2/c1-8-10(16)5-6-11(17-8)9-4-7-12(18-2)13(15)14(9)19-3/h4-7H,16H2,1-3H3. The Bertz CT molecular complexity index is 615. The van der Waals surface area contributed by atoms with E-state index < -0.39 is 0 Å². The second-order valence-corrected chi connectivity index (χ2v) is 4.41. The molecule has 0 atom stereocenters. The summed E-state index contributed by atoms with van der Waals surface area (Å²) in [4.78, 5) is 4.44. The van der Waals surface area contributed by atoms with Crippen LogP contribution in [0.4, 0.5) is 5.69 Å². The Labute approximate surface area is 117 Å². The minimum atomic E-state index is 0.429. The largest absolute Gasteiger partial charge is 0.495 e. The molecular weight excluding hydrogens is 264 g/mol.